The van der Waals surface area contributed by atoms with Crippen LogP contribution in [0.25, 0.3) is 0 Å². The quantitative estimate of drug-likeness (QED) is 0.506. The first-order valence-electron chi connectivity index (χ1n) is 11.7. The van der Waals surface area contributed by atoms with Crippen LogP contribution in [0.4, 0.5) is 4.79 Å². The van der Waals surface area contributed by atoms with Crippen LogP contribution in [0.3, 0.4) is 0 Å². The average molecular weight is 438 g/mol. The second kappa shape index (κ2) is 8.01. The van der Waals surface area contributed by atoms with E-state index < -0.39 is 5.60 Å². The lowest BCUT2D eigenvalue weighted by molar-refractivity contribution is -0.124. The van der Waals surface area contributed by atoms with Gasteiger partial charge in [0.25, 0.3) is 0 Å². The van der Waals surface area contributed by atoms with Crippen LogP contribution in [0.1, 0.15) is 66.7 Å². The standard InChI is InChI=1S/C24H39NO6/c1-15(2)9-10-18-23(5,31-18)20-19(28-6)16(11-12-24(20)14-29-24)30-21(26)25-13-7-8-17(25)22(3,4)27/h9,16-20,27H,7-8,10-14H2,1-6H3/t16-,17?,18-,19?,20-,23+,24?/m1/s1. The second-order valence-electron chi connectivity index (χ2n) is 10.8. The van der Waals surface area contributed by atoms with Gasteiger partial charge < -0.3 is 29.0 Å². The molecule has 0 aromatic carbocycles. The van der Waals surface area contributed by atoms with Crippen LogP contribution in [0, 0.1) is 5.92 Å². The molecule has 0 aromatic rings. The maximum Gasteiger partial charge on any atom is 0.410 e. The number of allylic oxidation sites excluding steroid dienone is 1. The van der Waals surface area contributed by atoms with E-state index in [4.69, 9.17) is 18.9 Å². The summed E-state index contributed by atoms with van der Waals surface area (Å²) in [5, 5.41) is 10.5. The molecule has 4 aliphatic rings. The summed E-state index contributed by atoms with van der Waals surface area (Å²) in [6, 6.07) is -0.226. The lowest BCUT2D eigenvalue weighted by Crippen LogP contribution is -2.57. The van der Waals surface area contributed by atoms with Gasteiger partial charge in [0.05, 0.1) is 30.3 Å². The number of rotatable bonds is 6. The monoisotopic (exact) mass is 437 g/mol. The fraction of sp³-hybridized carbons (Fsp3) is 0.875. The predicted molar refractivity (Wildman–Crippen MR) is 116 cm³/mol. The third-order valence-electron chi connectivity index (χ3n) is 7.79. The molecule has 3 heterocycles. The lowest BCUT2D eigenvalue weighted by atomic mass is 9.68. The highest BCUT2D eigenvalue weighted by Gasteiger charge is 2.72. The summed E-state index contributed by atoms with van der Waals surface area (Å²) in [6.45, 7) is 11.2. The molecule has 31 heavy (non-hydrogen) atoms. The van der Waals surface area contributed by atoms with Gasteiger partial charge in [-0.05, 0) is 66.7 Å². The predicted octanol–water partition coefficient (Wildman–Crippen LogP) is 3.43. The summed E-state index contributed by atoms with van der Waals surface area (Å²) < 4.78 is 24.2. The van der Waals surface area contributed by atoms with E-state index in [0.29, 0.717) is 19.6 Å². The Hall–Kier alpha value is -1.15. The van der Waals surface area contributed by atoms with Gasteiger partial charge in [-0.15, -0.1) is 0 Å². The van der Waals surface area contributed by atoms with Gasteiger partial charge in [-0.2, -0.15) is 0 Å². The van der Waals surface area contributed by atoms with Gasteiger partial charge in [-0.1, -0.05) is 11.6 Å². The molecular weight excluding hydrogens is 398 g/mol. The fourth-order valence-electron chi connectivity index (χ4n) is 5.99. The van der Waals surface area contributed by atoms with Gasteiger partial charge >= 0.3 is 6.09 Å². The minimum absolute atomic E-state index is 0.00997. The molecule has 1 amide bonds. The van der Waals surface area contributed by atoms with Crippen LogP contribution in [-0.4, -0.2) is 77.5 Å². The maximum atomic E-state index is 13.1. The van der Waals surface area contributed by atoms with Crippen LogP contribution in [0.5, 0.6) is 0 Å². The van der Waals surface area contributed by atoms with E-state index in [9.17, 15) is 9.90 Å². The Morgan fingerprint density at radius 2 is 2.03 bits per heavy atom. The maximum absolute atomic E-state index is 13.1. The Kier molecular flexibility index (Phi) is 5.95. The Balaban J connectivity index is 1.49. The molecule has 3 unspecified atom stereocenters. The zero-order valence-electron chi connectivity index (χ0n) is 19.8. The van der Waals surface area contributed by atoms with Crippen molar-refractivity contribution in [2.45, 2.75) is 108 Å². The third-order valence-corrected chi connectivity index (χ3v) is 7.79. The highest BCUT2D eigenvalue weighted by molar-refractivity contribution is 5.69. The van der Waals surface area contributed by atoms with E-state index in [1.807, 2.05) is 0 Å². The van der Waals surface area contributed by atoms with E-state index in [1.165, 1.54) is 5.57 Å². The number of epoxide rings is 2. The van der Waals surface area contributed by atoms with E-state index >= 15 is 0 Å². The first-order valence-corrected chi connectivity index (χ1v) is 11.7. The highest BCUT2D eigenvalue weighted by Crippen LogP contribution is 2.59. The van der Waals surface area contributed by atoms with Crippen LogP contribution < -0.4 is 0 Å². The third kappa shape index (κ3) is 4.26. The van der Waals surface area contributed by atoms with Crippen LogP contribution in [0.2, 0.25) is 0 Å². The molecule has 0 bridgehead atoms. The molecule has 7 nitrogen and oxygen atoms in total. The van der Waals surface area contributed by atoms with Gasteiger partial charge in [-0.25, -0.2) is 4.79 Å². The van der Waals surface area contributed by atoms with Gasteiger partial charge in [0.1, 0.15) is 23.4 Å². The summed E-state index contributed by atoms with van der Waals surface area (Å²) in [5.41, 5.74) is -0.260. The Labute approximate surface area is 186 Å². The molecule has 1 saturated carbocycles. The number of likely N-dealkylation sites (tertiary alicyclic amines) is 1. The van der Waals surface area contributed by atoms with Crippen molar-refractivity contribution < 1.29 is 28.8 Å². The van der Waals surface area contributed by atoms with Crippen molar-refractivity contribution in [3.05, 3.63) is 11.6 Å². The summed E-state index contributed by atoms with van der Waals surface area (Å²) in [7, 11) is 1.69. The van der Waals surface area contributed by atoms with Crippen LogP contribution in [0.15, 0.2) is 11.6 Å². The van der Waals surface area contributed by atoms with Gasteiger partial charge in [0, 0.05) is 13.7 Å². The van der Waals surface area contributed by atoms with E-state index in [-0.39, 0.29) is 47.6 Å². The number of methoxy groups -OCH3 is 1. The Morgan fingerprint density at radius 1 is 1.32 bits per heavy atom. The molecule has 176 valence electrons. The molecule has 3 aliphatic heterocycles. The molecule has 3 saturated heterocycles. The zero-order chi connectivity index (χ0) is 22.6. The van der Waals surface area contributed by atoms with E-state index in [0.717, 1.165) is 25.7 Å². The summed E-state index contributed by atoms with van der Waals surface area (Å²) >= 11 is 0. The van der Waals surface area contributed by atoms with E-state index in [1.54, 1.807) is 25.9 Å². The molecule has 0 aromatic heterocycles. The topological polar surface area (TPSA) is 84.1 Å². The minimum atomic E-state index is -0.954. The Bertz CT molecular complexity index is 722. The van der Waals surface area contributed by atoms with Crippen LogP contribution in [-0.2, 0) is 18.9 Å². The number of amides is 1. The molecular formula is C24H39NO6. The van der Waals surface area contributed by atoms with Crippen molar-refractivity contribution in [3.63, 3.8) is 0 Å². The molecule has 7 heteroatoms. The van der Waals surface area contributed by atoms with Gasteiger partial charge in [-0.3, -0.25) is 0 Å². The number of carbonyl (C=O) groups excluding carboxylic acids is 1. The first kappa shape index (κ1) is 23.0. The van der Waals surface area contributed by atoms with Crippen LogP contribution >= 0.6 is 0 Å². The zero-order valence-corrected chi connectivity index (χ0v) is 19.8. The molecule has 1 N–H and O–H groups in total. The van der Waals surface area contributed by atoms with Crippen molar-refractivity contribution in [1.82, 2.24) is 4.90 Å². The van der Waals surface area contributed by atoms with Crippen molar-refractivity contribution in [1.29, 1.82) is 0 Å². The average Bonchev–Trinajstić information content (AvgIpc) is 3.52. The fourth-order valence-corrected chi connectivity index (χ4v) is 5.99. The summed E-state index contributed by atoms with van der Waals surface area (Å²) in [4.78, 5) is 14.8. The summed E-state index contributed by atoms with van der Waals surface area (Å²) in [6.07, 6.45) is 5.40. The van der Waals surface area contributed by atoms with Gasteiger partial charge in [0.2, 0.25) is 0 Å². The largest absolute Gasteiger partial charge is 0.443 e. The van der Waals surface area contributed by atoms with Crippen molar-refractivity contribution in [2.75, 3.05) is 20.3 Å². The number of ether oxygens (including phenoxy) is 4. The number of nitrogens with zero attached hydrogens (tertiary/aromatic N) is 1. The SMILES string of the molecule is COC1[C@H](OC(=O)N2CCCC2C(C)(C)O)CCC2(CO2)[C@H]1[C@@]1(C)O[C@@H]1CC=C(C)C. The Morgan fingerprint density at radius 3 is 2.61 bits per heavy atom. The van der Waals surface area contributed by atoms with Gasteiger partial charge in [0.15, 0.2) is 0 Å². The molecule has 4 fully saturated rings. The second-order valence-corrected chi connectivity index (χ2v) is 10.8. The number of carbonyl (C=O) groups is 1. The van der Waals surface area contributed by atoms with Crippen molar-refractivity contribution >= 4 is 6.09 Å². The normalized spacial score (nSPS) is 41.9. The molecule has 0 radical (unpaired) electrons. The molecule has 1 spiro atoms. The lowest BCUT2D eigenvalue weighted by Gasteiger charge is -2.43. The minimum Gasteiger partial charge on any atom is -0.443 e. The smallest absolute Gasteiger partial charge is 0.410 e. The number of hydrogen-bond donors (Lipinski definition) is 1. The number of aliphatic hydroxyl groups is 1. The van der Waals surface area contributed by atoms with Crippen molar-refractivity contribution in [3.8, 4) is 0 Å². The molecule has 4 rings (SSSR count). The highest BCUT2D eigenvalue weighted by atomic mass is 16.6. The molecule has 1 aliphatic carbocycles. The molecule has 7 atom stereocenters. The first-order chi connectivity index (χ1) is 14.5. The summed E-state index contributed by atoms with van der Waals surface area (Å²) in [5.74, 6) is 0.00997. The van der Waals surface area contributed by atoms with E-state index in [2.05, 4.69) is 26.8 Å². The number of hydrogen-bond acceptors (Lipinski definition) is 6. The van der Waals surface area contributed by atoms with Crippen molar-refractivity contribution in [2.24, 2.45) is 5.92 Å².